The number of aromatic nitrogens is 1. The van der Waals surface area contributed by atoms with Crippen LogP contribution in [0.3, 0.4) is 0 Å². The number of aliphatic hydroxyl groups is 1. The molecule has 10 heteroatoms. The van der Waals surface area contributed by atoms with E-state index in [9.17, 15) is 9.90 Å². The van der Waals surface area contributed by atoms with Gasteiger partial charge in [0.2, 0.25) is 0 Å². The molecule has 2 N–H and O–H groups in total. The fraction of sp³-hybridized carbons (Fsp3) is 0.333. The number of amides is 1. The first kappa shape index (κ1) is 28.2. The summed E-state index contributed by atoms with van der Waals surface area (Å²) in [7, 11) is 0. The number of thioether (sulfide) groups is 1. The van der Waals surface area contributed by atoms with Gasteiger partial charge in [0.25, 0.3) is 9.70 Å². The highest BCUT2D eigenvalue weighted by atomic mass is 35.6. The largest absolute Gasteiger partial charge is 0.392 e. The summed E-state index contributed by atoms with van der Waals surface area (Å²) in [4.78, 5) is 16.2. The number of benzene rings is 2. The molecule has 2 heterocycles. The number of carbonyl (C=O) groups is 1. The molecule has 196 valence electrons. The fourth-order valence-electron chi connectivity index (χ4n) is 3.99. The third-order valence-electron chi connectivity index (χ3n) is 6.12. The van der Waals surface area contributed by atoms with Gasteiger partial charge in [0.05, 0.1) is 23.8 Å². The Balaban J connectivity index is 1.51. The van der Waals surface area contributed by atoms with Gasteiger partial charge in [-0.05, 0) is 28.8 Å². The van der Waals surface area contributed by atoms with Gasteiger partial charge in [-0.2, -0.15) is 0 Å². The lowest BCUT2D eigenvalue weighted by Gasteiger charge is -2.41. The van der Waals surface area contributed by atoms with E-state index in [4.69, 9.17) is 44.3 Å². The molecule has 1 aliphatic rings. The minimum atomic E-state index is -2.01. The molecular weight excluding hydrogens is 555 g/mol. The smallest absolute Gasteiger partial charge is 0.272 e. The second-order valence-corrected chi connectivity index (χ2v) is 12.0. The van der Waals surface area contributed by atoms with Crippen molar-refractivity contribution in [2.75, 3.05) is 5.75 Å². The van der Waals surface area contributed by atoms with Crippen LogP contribution >= 0.6 is 46.6 Å². The molecule has 1 fully saturated rings. The molecule has 0 spiro atoms. The summed E-state index contributed by atoms with van der Waals surface area (Å²) in [6.07, 6.45) is 0.890. The SMILES string of the molecule is CC1C(CSc2ccccn2)OC(c2ccc(CNC(=O)C(Cl)(Cl)Cl)cc2)OC1c1ccc(CO)cc1. The Hall–Kier alpha value is -1.84. The third-order valence-corrected chi connectivity index (χ3v) is 7.67. The number of nitrogens with one attached hydrogen (secondary N) is 1. The van der Waals surface area contributed by atoms with Crippen LogP contribution in [-0.2, 0) is 27.4 Å². The number of hydrogen-bond acceptors (Lipinski definition) is 6. The highest BCUT2D eigenvalue weighted by molar-refractivity contribution is 7.99. The molecule has 0 bridgehead atoms. The van der Waals surface area contributed by atoms with Gasteiger partial charge in [-0.1, -0.05) is 96.3 Å². The minimum Gasteiger partial charge on any atom is -0.392 e. The van der Waals surface area contributed by atoms with E-state index in [1.807, 2.05) is 66.7 Å². The van der Waals surface area contributed by atoms with Gasteiger partial charge in [0.15, 0.2) is 6.29 Å². The van der Waals surface area contributed by atoms with Crippen LogP contribution in [0.4, 0.5) is 0 Å². The number of rotatable bonds is 8. The molecular formula is C27H27Cl3N2O4S. The van der Waals surface area contributed by atoms with E-state index in [-0.39, 0.29) is 31.3 Å². The third kappa shape index (κ3) is 7.60. The highest BCUT2D eigenvalue weighted by Gasteiger charge is 2.38. The molecule has 0 aliphatic carbocycles. The van der Waals surface area contributed by atoms with Crippen LogP contribution in [0, 0.1) is 5.92 Å². The summed E-state index contributed by atoms with van der Waals surface area (Å²) in [5.74, 6) is 0.103. The van der Waals surface area contributed by atoms with Gasteiger partial charge in [-0.3, -0.25) is 4.79 Å². The van der Waals surface area contributed by atoms with Crippen molar-refractivity contribution in [1.82, 2.24) is 10.3 Å². The first-order valence-electron chi connectivity index (χ1n) is 11.7. The Bertz CT molecular complexity index is 1160. The summed E-state index contributed by atoms with van der Waals surface area (Å²) in [5, 5.41) is 13.0. The summed E-state index contributed by atoms with van der Waals surface area (Å²) >= 11 is 18.5. The van der Waals surface area contributed by atoms with Crippen LogP contribution < -0.4 is 5.32 Å². The average molecular weight is 582 g/mol. The van der Waals surface area contributed by atoms with E-state index < -0.39 is 16.0 Å². The Kier molecular flexibility index (Phi) is 9.75. The van der Waals surface area contributed by atoms with Gasteiger partial charge < -0.3 is 19.9 Å². The molecule has 1 amide bonds. The summed E-state index contributed by atoms with van der Waals surface area (Å²) < 4.78 is 10.9. The number of halogens is 3. The van der Waals surface area contributed by atoms with Crippen molar-refractivity contribution in [2.24, 2.45) is 5.92 Å². The van der Waals surface area contributed by atoms with E-state index in [0.29, 0.717) is 5.75 Å². The quantitative estimate of drug-likeness (QED) is 0.246. The molecule has 1 saturated heterocycles. The zero-order valence-corrected chi connectivity index (χ0v) is 23.1. The molecule has 2 aromatic carbocycles. The highest BCUT2D eigenvalue weighted by Crippen LogP contribution is 2.43. The van der Waals surface area contributed by atoms with E-state index in [1.54, 1.807) is 18.0 Å². The van der Waals surface area contributed by atoms with Crippen LogP contribution in [0.1, 0.15) is 41.6 Å². The van der Waals surface area contributed by atoms with Crippen LogP contribution in [0.25, 0.3) is 0 Å². The summed E-state index contributed by atoms with van der Waals surface area (Å²) in [6, 6.07) is 21.2. The minimum absolute atomic E-state index is 0.00903. The molecule has 4 rings (SSSR count). The van der Waals surface area contributed by atoms with Gasteiger partial charge in [-0.25, -0.2) is 4.98 Å². The average Bonchev–Trinajstić information content (AvgIpc) is 2.91. The number of pyridine rings is 1. The maximum atomic E-state index is 11.8. The number of nitrogens with zero attached hydrogens (tertiary/aromatic N) is 1. The normalized spacial score (nSPS) is 22.0. The lowest BCUT2D eigenvalue weighted by atomic mass is 9.91. The molecule has 1 aliphatic heterocycles. The Morgan fingerprint density at radius 2 is 1.68 bits per heavy atom. The van der Waals surface area contributed by atoms with Gasteiger partial charge in [0.1, 0.15) is 0 Å². The van der Waals surface area contributed by atoms with Gasteiger partial charge in [0, 0.05) is 30.0 Å². The fourth-order valence-corrected chi connectivity index (χ4v) is 5.21. The number of aliphatic hydroxyl groups excluding tert-OH is 1. The van der Waals surface area contributed by atoms with Crippen molar-refractivity contribution in [3.63, 3.8) is 0 Å². The molecule has 0 radical (unpaired) electrons. The second-order valence-electron chi connectivity index (χ2n) is 8.72. The monoisotopic (exact) mass is 580 g/mol. The van der Waals surface area contributed by atoms with Gasteiger partial charge >= 0.3 is 0 Å². The molecule has 4 unspecified atom stereocenters. The Morgan fingerprint density at radius 3 is 2.30 bits per heavy atom. The first-order valence-corrected chi connectivity index (χ1v) is 13.8. The summed E-state index contributed by atoms with van der Waals surface area (Å²) in [6.45, 7) is 2.34. The van der Waals surface area contributed by atoms with E-state index in [2.05, 4.69) is 17.2 Å². The Labute approximate surface area is 235 Å². The van der Waals surface area contributed by atoms with E-state index in [1.165, 1.54) is 0 Å². The predicted octanol–water partition coefficient (Wildman–Crippen LogP) is 6.14. The van der Waals surface area contributed by atoms with E-state index >= 15 is 0 Å². The molecule has 6 nitrogen and oxygen atoms in total. The van der Waals surface area contributed by atoms with E-state index in [0.717, 1.165) is 27.3 Å². The Morgan fingerprint density at radius 1 is 1.00 bits per heavy atom. The first-order chi connectivity index (χ1) is 17.7. The molecule has 37 heavy (non-hydrogen) atoms. The lowest BCUT2D eigenvalue weighted by molar-refractivity contribution is -0.268. The van der Waals surface area contributed by atoms with Crippen molar-refractivity contribution in [2.45, 2.75) is 47.4 Å². The van der Waals surface area contributed by atoms with Crippen molar-refractivity contribution >= 4 is 52.5 Å². The lowest BCUT2D eigenvalue weighted by Crippen LogP contribution is -2.38. The van der Waals surface area contributed by atoms with Crippen LogP contribution in [0.15, 0.2) is 78.0 Å². The second kappa shape index (κ2) is 12.8. The van der Waals surface area contributed by atoms with Crippen molar-refractivity contribution < 1.29 is 19.4 Å². The topological polar surface area (TPSA) is 80.7 Å². The van der Waals surface area contributed by atoms with Crippen LogP contribution in [-0.4, -0.2) is 31.6 Å². The number of alkyl halides is 3. The molecule has 4 atom stereocenters. The number of carbonyl (C=O) groups excluding carboxylic acids is 1. The number of hydrogen-bond donors (Lipinski definition) is 2. The van der Waals surface area contributed by atoms with Gasteiger partial charge in [-0.15, -0.1) is 11.8 Å². The zero-order chi connectivity index (χ0) is 26.4. The summed E-state index contributed by atoms with van der Waals surface area (Å²) in [5.41, 5.74) is 3.57. The molecule has 1 aromatic heterocycles. The maximum Gasteiger partial charge on any atom is 0.272 e. The number of ether oxygens (including phenoxy) is 2. The molecule has 0 saturated carbocycles. The maximum absolute atomic E-state index is 11.8. The molecule has 3 aromatic rings. The van der Waals surface area contributed by atoms with Crippen molar-refractivity contribution in [3.8, 4) is 0 Å². The predicted molar refractivity (Wildman–Crippen MR) is 147 cm³/mol. The van der Waals surface area contributed by atoms with Crippen LogP contribution in [0.5, 0.6) is 0 Å². The zero-order valence-electron chi connectivity index (χ0n) is 20.0. The van der Waals surface area contributed by atoms with Crippen molar-refractivity contribution in [1.29, 1.82) is 0 Å². The standard InChI is InChI=1S/C27H27Cl3N2O4S/c1-17-22(16-37-23-4-2-3-13-31-23)35-25(36-24(17)20-9-7-19(15-33)8-10-20)21-11-5-18(6-12-21)14-32-26(34)27(28,29)30/h2-13,17,22,24-25,33H,14-16H2,1H3,(H,32,34). The van der Waals surface area contributed by atoms with Crippen LogP contribution in [0.2, 0.25) is 0 Å². The van der Waals surface area contributed by atoms with Crippen molar-refractivity contribution in [3.05, 3.63) is 95.2 Å².